The lowest BCUT2D eigenvalue weighted by Gasteiger charge is -2.22. The minimum Gasteiger partial charge on any atom is -0.350 e. The zero-order valence-electron chi connectivity index (χ0n) is 14.0. The molecule has 0 aliphatic heterocycles. The van der Waals surface area contributed by atoms with Crippen LogP contribution in [0.15, 0.2) is 29.3 Å². The Bertz CT molecular complexity index is 547. The van der Waals surface area contributed by atoms with E-state index in [0.29, 0.717) is 13.1 Å². The lowest BCUT2D eigenvalue weighted by atomic mass is 10.1. The topological polar surface area (TPSA) is 47.9 Å². The third-order valence-electron chi connectivity index (χ3n) is 2.93. The number of rotatable bonds is 4. The second kappa shape index (κ2) is 9.70. The van der Waals surface area contributed by atoms with Crippen LogP contribution >= 0.6 is 24.0 Å². The maximum absolute atomic E-state index is 12.5. The Morgan fingerprint density at radius 2 is 1.58 bits per heavy atom. The molecule has 0 aromatic heterocycles. The first-order valence-corrected chi connectivity index (χ1v) is 6.97. The zero-order valence-corrected chi connectivity index (χ0v) is 16.3. The van der Waals surface area contributed by atoms with E-state index >= 15 is 0 Å². The number of nitrogens with zero attached hydrogens (tertiary/aromatic N) is 3. The van der Waals surface area contributed by atoms with Gasteiger partial charge in [0.05, 0.1) is 12.1 Å². The SMILES string of the molecule is CN(C)C(=NCCNC(=O)c1ccc(C(F)(F)F)cc1)N(C)C.I. The highest BCUT2D eigenvalue weighted by atomic mass is 127. The first kappa shape index (κ1) is 22.5. The summed E-state index contributed by atoms with van der Waals surface area (Å²) in [6.45, 7) is 0.670. The fourth-order valence-electron chi connectivity index (χ4n) is 1.92. The van der Waals surface area contributed by atoms with Gasteiger partial charge in [-0.15, -0.1) is 24.0 Å². The second-order valence-corrected chi connectivity index (χ2v) is 5.30. The maximum atomic E-state index is 12.5. The molecule has 24 heavy (non-hydrogen) atoms. The van der Waals surface area contributed by atoms with Gasteiger partial charge in [0.15, 0.2) is 5.96 Å². The molecule has 0 heterocycles. The highest BCUT2D eigenvalue weighted by molar-refractivity contribution is 14.0. The lowest BCUT2D eigenvalue weighted by Crippen LogP contribution is -2.36. The van der Waals surface area contributed by atoms with Crippen molar-refractivity contribution in [1.82, 2.24) is 15.1 Å². The molecule has 9 heteroatoms. The number of carbonyl (C=O) groups is 1. The van der Waals surface area contributed by atoms with Gasteiger partial charge in [-0.05, 0) is 24.3 Å². The molecule has 136 valence electrons. The summed E-state index contributed by atoms with van der Waals surface area (Å²) in [7, 11) is 7.44. The van der Waals surface area contributed by atoms with Gasteiger partial charge in [0.1, 0.15) is 0 Å². The Morgan fingerprint density at radius 1 is 1.08 bits per heavy atom. The van der Waals surface area contributed by atoms with Crippen LogP contribution in [-0.2, 0) is 6.18 Å². The van der Waals surface area contributed by atoms with E-state index in [1.54, 1.807) is 0 Å². The third kappa shape index (κ3) is 6.93. The van der Waals surface area contributed by atoms with E-state index in [9.17, 15) is 18.0 Å². The Morgan fingerprint density at radius 3 is 2.00 bits per heavy atom. The van der Waals surface area contributed by atoms with Crippen molar-refractivity contribution in [2.75, 3.05) is 41.3 Å². The van der Waals surface area contributed by atoms with Crippen molar-refractivity contribution in [2.45, 2.75) is 6.18 Å². The minimum atomic E-state index is -4.40. The molecule has 5 nitrogen and oxygen atoms in total. The highest BCUT2D eigenvalue weighted by Crippen LogP contribution is 2.28. The molecule has 0 aliphatic carbocycles. The number of hydrogen-bond donors (Lipinski definition) is 1. The van der Waals surface area contributed by atoms with Crippen molar-refractivity contribution in [1.29, 1.82) is 0 Å². The number of halogens is 4. The van der Waals surface area contributed by atoms with E-state index in [0.717, 1.165) is 30.2 Å². The van der Waals surface area contributed by atoms with Crippen LogP contribution in [0.1, 0.15) is 15.9 Å². The molecule has 1 N–H and O–H groups in total. The lowest BCUT2D eigenvalue weighted by molar-refractivity contribution is -0.137. The summed E-state index contributed by atoms with van der Waals surface area (Å²) in [5.41, 5.74) is -0.595. The molecule has 1 amide bonds. The van der Waals surface area contributed by atoms with Gasteiger partial charge in [-0.1, -0.05) is 0 Å². The van der Waals surface area contributed by atoms with Crippen LogP contribution in [0.2, 0.25) is 0 Å². The Kier molecular flexibility index (Phi) is 9.08. The molecule has 1 rings (SSSR count). The molecule has 0 unspecified atom stereocenters. The van der Waals surface area contributed by atoms with Gasteiger partial charge < -0.3 is 15.1 Å². The van der Waals surface area contributed by atoms with Gasteiger partial charge in [-0.2, -0.15) is 13.2 Å². The van der Waals surface area contributed by atoms with E-state index in [-0.39, 0.29) is 29.5 Å². The van der Waals surface area contributed by atoms with E-state index in [2.05, 4.69) is 10.3 Å². The molecule has 0 atom stereocenters. The summed E-state index contributed by atoms with van der Waals surface area (Å²) in [6, 6.07) is 4.10. The van der Waals surface area contributed by atoms with E-state index in [1.165, 1.54) is 0 Å². The van der Waals surface area contributed by atoms with Crippen LogP contribution in [0.5, 0.6) is 0 Å². The number of hydrogen-bond acceptors (Lipinski definition) is 2. The summed E-state index contributed by atoms with van der Waals surface area (Å²) in [5, 5.41) is 2.63. The summed E-state index contributed by atoms with van der Waals surface area (Å²) in [4.78, 5) is 19.9. The molecule has 0 spiro atoms. The Labute approximate surface area is 156 Å². The van der Waals surface area contributed by atoms with Crippen LogP contribution in [-0.4, -0.2) is 62.9 Å². The van der Waals surface area contributed by atoms with E-state index in [1.807, 2.05) is 38.0 Å². The first-order chi connectivity index (χ1) is 10.6. The minimum absolute atomic E-state index is 0. The molecule has 1 aromatic rings. The largest absolute Gasteiger partial charge is 0.416 e. The first-order valence-electron chi connectivity index (χ1n) is 6.97. The smallest absolute Gasteiger partial charge is 0.350 e. The van der Waals surface area contributed by atoms with Crippen LogP contribution in [0, 0.1) is 0 Å². The van der Waals surface area contributed by atoms with Crippen LogP contribution in [0.4, 0.5) is 13.2 Å². The van der Waals surface area contributed by atoms with Gasteiger partial charge in [-0.25, -0.2) is 0 Å². The molecule has 0 bridgehead atoms. The average Bonchev–Trinajstić information content (AvgIpc) is 2.45. The maximum Gasteiger partial charge on any atom is 0.416 e. The van der Waals surface area contributed by atoms with Crippen molar-refractivity contribution in [3.63, 3.8) is 0 Å². The van der Waals surface area contributed by atoms with Crippen molar-refractivity contribution in [3.05, 3.63) is 35.4 Å². The number of benzene rings is 1. The van der Waals surface area contributed by atoms with Gasteiger partial charge in [0, 0.05) is 40.3 Å². The second-order valence-electron chi connectivity index (χ2n) is 5.30. The summed E-state index contributed by atoms with van der Waals surface area (Å²) < 4.78 is 37.4. The van der Waals surface area contributed by atoms with Crippen LogP contribution < -0.4 is 5.32 Å². The van der Waals surface area contributed by atoms with Crippen LogP contribution in [0.25, 0.3) is 0 Å². The zero-order chi connectivity index (χ0) is 17.6. The number of nitrogens with one attached hydrogen (secondary N) is 1. The molecule has 0 saturated heterocycles. The molecular weight excluding hydrogens is 436 g/mol. The molecule has 0 fully saturated rings. The Hall–Kier alpha value is -1.52. The Balaban J connectivity index is 0.00000529. The molecular formula is C15H22F3IN4O. The predicted molar refractivity (Wildman–Crippen MR) is 98.9 cm³/mol. The molecule has 0 saturated carbocycles. The monoisotopic (exact) mass is 458 g/mol. The summed E-state index contributed by atoms with van der Waals surface area (Å²) in [5.74, 6) is 0.332. The van der Waals surface area contributed by atoms with Crippen LogP contribution in [0.3, 0.4) is 0 Å². The molecule has 1 aromatic carbocycles. The standard InChI is InChI=1S/C15H21F3N4O.HI/c1-21(2)14(22(3)4)20-10-9-19-13(23)11-5-7-12(8-6-11)15(16,17)18;/h5-8H,9-10H2,1-4H3,(H,19,23);1H. The van der Waals surface area contributed by atoms with Crippen molar-refractivity contribution in [2.24, 2.45) is 4.99 Å². The van der Waals surface area contributed by atoms with Gasteiger partial charge in [0.25, 0.3) is 5.91 Å². The predicted octanol–water partition coefficient (Wildman–Crippen LogP) is 2.53. The molecule has 0 aliphatic rings. The number of alkyl halides is 3. The van der Waals surface area contributed by atoms with E-state index < -0.39 is 17.6 Å². The van der Waals surface area contributed by atoms with Gasteiger partial charge in [-0.3, -0.25) is 9.79 Å². The highest BCUT2D eigenvalue weighted by Gasteiger charge is 2.30. The normalized spacial score (nSPS) is 10.5. The average molecular weight is 458 g/mol. The quantitative estimate of drug-likeness (QED) is 0.327. The fourth-order valence-corrected chi connectivity index (χ4v) is 1.92. The summed E-state index contributed by atoms with van der Waals surface area (Å²) in [6.07, 6.45) is -4.40. The number of carbonyl (C=O) groups excluding carboxylic acids is 1. The number of amides is 1. The fraction of sp³-hybridized carbons (Fsp3) is 0.467. The third-order valence-corrected chi connectivity index (χ3v) is 2.93. The molecule has 0 radical (unpaired) electrons. The van der Waals surface area contributed by atoms with Gasteiger partial charge >= 0.3 is 6.18 Å². The van der Waals surface area contributed by atoms with Gasteiger partial charge in [0.2, 0.25) is 0 Å². The van der Waals surface area contributed by atoms with E-state index in [4.69, 9.17) is 0 Å². The number of aliphatic imine (C=N–C) groups is 1. The van der Waals surface area contributed by atoms with Crippen molar-refractivity contribution >= 4 is 35.8 Å². The number of guanidine groups is 1. The van der Waals surface area contributed by atoms with Crippen molar-refractivity contribution < 1.29 is 18.0 Å². The van der Waals surface area contributed by atoms with Crippen molar-refractivity contribution in [3.8, 4) is 0 Å². The summed E-state index contributed by atoms with van der Waals surface area (Å²) >= 11 is 0.